The molecule has 0 atom stereocenters. The summed E-state index contributed by atoms with van der Waals surface area (Å²) in [6.45, 7) is 0. The molecule has 2 rings (SSSR count). The number of benzene rings is 2. The molecule has 9 heteroatoms. The smallest absolute Gasteiger partial charge is 0.504 e. The van der Waals surface area contributed by atoms with Crippen LogP contribution in [0.2, 0.25) is 0 Å². The molecular weight excluding hydrogens is 333 g/mol. The van der Waals surface area contributed by atoms with E-state index >= 15 is 0 Å². The Morgan fingerprint density at radius 1 is 0.870 bits per heavy atom. The van der Waals surface area contributed by atoms with E-state index in [2.05, 4.69) is 4.74 Å². The standard InChI is InChI=1S/C14H7F7O2/c15-10-3-2-8(13(16,17)18)6-9(10)7-1-4-11(22)12(5-7)23-14(19,20)21/h1-6,22H. The molecule has 0 heterocycles. The minimum atomic E-state index is -5.12. The van der Waals surface area contributed by atoms with Crippen LogP contribution in [0, 0.1) is 5.82 Å². The first kappa shape index (κ1) is 16.9. The highest BCUT2D eigenvalue weighted by Gasteiger charge is 2.33. The summed E-state index contributed by atoms with van der Waals surface area (Å²) in [6.07, 6.45) is -9.87. The molecule has 0 saturated carbocycles. The third kappa shape index (κ3) is 4.05. The molecule has 2 nitrogen and oxygen atoms in total. The Labute approximate surface area is 124 Å². The highest BCUT2D eigenvalue weighted by molar-refractivity contribution is 5.68. The van der Waals surface area contributed by atoms with Gasteiger partial charge >= 0.3 is 12.5 Å². The van der Waals surface area contributed by atoms with Gasteiger partial charge in [0, 0.05) is 5.56 Å². The molecule has 0 fully saturated rings. The fourth-order valence-corrected chi connectivity index (χ4v) is 1.81. The van der Waals surface area contributed by atoms with Crippen molar-refractivity contribution in [1.29, 1.82) is 0 Å². The maximum atomic E-state index is 13.7. The van der Waals surface area contributed by atoms with Crippen LogP contribution in [-0.2, 0) is 6.18 Å². The van der Waals surface area contributed by atoms with Crippen LogP contribution in [0.15, 0.2) is 36.4 Å². The average molecular weight is 340 g/mol. The van der Waals surface area contributed by atoms with E-state index in [1.807, 2.05) is 0 Å². The van der Waals surface area contributed by atoms with Crippen LogP contribution in [0.25, 0.3) is 11.1 Å². The summed E-state index contributed by atoms with van der Waals surface area (Å²) >= 11 is 0. The first-order valence-corrected chi connectivity index (χ1v) is 5.93. The Kier molecular flexibility index (Phi) is 4.14. The van der Waals surface area contributed by atoms with Crippen molar-refractivity contribution in [3.63, 3.8) is 0 Å². The predicted molar refractivity (Wildman–Crippen MR) is 65.2 cm³/mol. The number of phenolic OH excluding ortho intramolecular Hbond substituents is 1. The van der Waals surface area contributed by atoms with Gasteiger partial charge in [-0.1, -0.05) is 6.07 Å². The normalized spacial score (nSPS) is 12.3. The van der Waals surface area contributed by atoms with E-state index in [9.17, 15) is 35.8 Å². The fourth-order valence-electron chi connectivity index (χ4n) is 1.81. The summed E-state index contributed by atoms with van der Waals surface area (Å²) in [5, 5.41) is 9.30. The number of ether oxygens (including phenoxy) is 1. The topological polar surface area (TPSA) is 29.5 Å². The lowest BCUT2D eigenvalue weighted by Crippen LogP contribution is -2.17. The third-order valence-electron chi connectivity index (χ3n) is 2.79. The molecule has 1 N–H and O–H groups in total. The van der Waals surface area contributed by atoms with Gasteiger partial charge in [0.25, 0.3) is 0 Å². The Morgan fingerprint density at radius 3 is 2.09 bits per heavy atom. The first-order valence-electron chi connectivity index (χ1n) is 5.93. The Balaban J connectivity index is 2.52. The molecule has 0 aliphatic rings. The summed E-state index contributed by atoms with van der Waals surface area (Å²) in [5.41, 5.74) is -2.06. The van der Waals surface area contributed by atoms with E-state index in [1.54, 1.807) is 0 Å². The van der Waals surface area contributed by atoms with Gasteiger partial charge in [-0.3, -0.25) is 0 Å². The van der Waals surface area contributed by atoms with Gasteiger partial charge in [0.1, 0.15) is 5.82 Å². The van der Waals surface area contributed by atoms with E-state index in [0.29, 0.717) is 24.3 Å². The van der Waals surface area contributed by atoms with Crippen LogP contribution in [0.4, 0.5) is 30.7 Å². The minimum Gasteiger partial charge on any atom is -0.504 e. The van der Waals surface area contributed by atoms with Crippen molar-refractivity contribution in [3.05, 3.63) is 47.8 Å². The summed E-state index contributed by atoms with van der Waals surface area (Å²) in [4.78, 5) is 0. The fraction of sp³-hybridized carbons (Fsp3) is 0.143. The van der Waals surface area contributed by atoms with E-state index < -0.39 is 41.0 Å². The van der Waals surface area contributed by atoms with E-state index in [-0.39, 0.29) is 5.56 Å². The molecule has 2 aromatic carbocycles. The van der Waals surface area contributed by atoms with E-state index in [4.69, 9.17) is 0 Å². The van der Waals surface area contributed by atoms with Crippen LogP contribution in [-0.4, -0.2) is 11.5 Å². The monoisotopic (exact) mass is 340 g/mol. The molecule has 23 heavy (non-hydrogen) atoms. The number of alkyl halides is 6. The molecule has 124 valence electrons. The molecule has 0 saturated heterocycles. The first-order chi connectivity index (χ1) is 10.5. The van der Waals surface area contributed by atoms with Gasteiger partial charge in [-0.15, -0.1) is 13.2 Å². The second kappa shape index (κ2) is 5.64. The summed E-state index contributed by atoms with van der Waals surface area (Å²) < 4.78 is 91.8. The number of aromatic hydroxyl groups is 1. The summed E-state index contributed by atoms with van der Waals surface area (Å²) in [5.74, 6) is -3.01. The van der Waals surface area contributed by atoms with Gasteiger partial charge in [0.2, 0.25) is 0 Å². The molecule has 2 aromatic rings. The molecule has 0 bridgehead atoms. The van der Waals surface area contributed by atoms with Crippen molar-refractivity contribution in [3.8, 4) is 22.6 Å². The average Bonchev–Trinajstić information content (AvgIpc) is 2.39. The second-order valence-corrected chi connectivity index (χ2v) is 4.42. The zero-order valence-electron chi connectivity index (χ0n) is 11.0. The van der Waals surface area contributed by atoms with Crippen LogP contribution < -0.4 is 4.74 Å². The van der Waals surface area contributed by atoms with E-state index in [1.165, 1.54) is 0 Å². The predicted octanol–water partition coefficient (Wildman–Crippen LogP) is 5.12. The molecule has 0 spiro atoms. The van der Waals surface area contributed by atoms with Crippen molar-refractivity contribution < 1.29 is 40.6 Å². The van der Waals surface area contributed by atoms with Gasteiger partial charge in [-0.05, 0) is 35.9 Å². The lowest BCUT2D eigenvalue weighted by atomic mass is 10.0. The molecule has 0 radical (unpaired) electrons. The molecule has 0 aromatic heterocycles. The zero-order chi connectivity index (χ0) is 17.4. The molecule has 0 aliphatic heterocycles. The minimum absolute atomic E-state index is 0.314. The second-order valence-electron chi connectivity index (χ2n) is 4.42. The maximum absolute atomic E-state index is 13.7. The lowest BCUT2D eigenvalue weighted by molar-refractivity contribution is -0.275. The summed E-state index contributed by atoms with van der Waals surface area (Å²) in [6, 6.07) is 3.84. The maximum Gasteiger partial charge on any atom is 0.573 e. The van der Waals surface area contributed by atoms with Crippen LogP contribution >= 0.6 is 0 Å². The zero-order valence-corrected chi connectivity index (χ0v) is 11.0. The SMILES string of the molecule is Oc1ccc(-c2cc(C(F)(F)F)ccc2F)cc1OC(F)(F)F. The van der Waals surface area contributed by atoms with Crippen LogP contribution in [0.5, 0.6) is 11.5 Å². The highest BCUT2D eigenvalue weighted by atomic mass is 19.4. The number of halogens is 7. The molecule has 0 aliphatic carbocycles. The number of phenols is 1. The number of hydrogen-bond donors (Lipinski definition) is 1. The highest BCUT2D eigenvalue weighted by Crippen LogP contribution is 2.38. The Hall–Kier alpha value is -2.45. The number of hydrogen-bond acceptors (Lipinski definition) is 2. The van der Waals surface area contributed by atoms with Crippen molar-refractivity contribution in [2.75, 3.05) is 0 Å². The number of rotatable bonds is 2. The largest absolute Gasteiger partial charge is 0.573 e. The Morgan fingerprint density at radius 2 is 1.52 bits per heavy atom. The van der Waals surface area contributed by atoms with Crippen molar-refractivity contribution in [2.45, 2.75) is 12.5 Å². The van der Waals surface area contributed by atoms with Gasteiger partial charge in [0.15, 0.2) is 11.5 Å². The Bertz CT molecular complexity index is 720. The third-order valence-corrected chi connectivity index (χ3v) is 2.79. The van der Waals surface area contributed by atoms with Crippen molar-refractivity contribution >= 4 is 0 Å². The quantitative estimate of drug-likeness (QED) is 0.770. The molecular formula is C14H7F7O2. The van der Waals surface area contributed by atoms with Gasteiger partial charge in [-0.25, -0.2) is 4.39 Å². The van der Waals surface area contributed by atoms with E-state index in [0.717, 1.165) is 12.1 Å². The van der Waals surface area contributed by atoms with Crippen molar-refractivity contribution in [1.82, 2.24) is 0 Å². The summed E-state index contributed by atoms with van der Waals surface area (Å²) in [7, 11) is 0. The van der Waals surface area contributed by atoms with Gasteiger partial charge < -0.3 is 9.84 Å². The van der Waals surface area contributed by atoms with Gasteiger partial charge in [0.05, 0.1) is 5.56 Å². The van der Waals surface area contributed by atoms with Crippen LogP contribution in [0.3, 0.4) is 0 Å². The molecule has 0 unspecified atom stereocenters. The van der Waals surface area contributed by atoms with Crippen LogP contribution in [0.1, 0.15) is 5.56 Å². The van der Waals surface area contributed by atoms with Gasteiger partial charge in [-0.2, -0.15) is 13.2 Å². The molecule has 0 amide bonds. The lowest BCUT2D eigenvalue weighted by Gasteiger charge is -2.13. The van der Waals surface area contributed by atoms with Crippen molar-refractivity contribution in [2.24, 2.45) is 0 Å².